The molecule has 0 saturated carbocycles. The van der Waals surface area contributed by atoms with Crippen molar-refractivity contribution in [3.05, 3.63) is 30.0 Å². The van der Waals surface area contributed by atoms with E-state index in [1.165, 1.54) is 31.6 Å². The Labute approximate surface area is 179 Å². The lowest BCUT2D eigenvalue weighted by Gasteiger charge is -2.21. The Morgan fingerprint density at radius 3 is 2.53 bits per heavy atom. The van der Waals surface area contributed by atoms with Gasteiger partial charge in [-0.05, 0) is 39.2 Å². The summed E-state index contributed by atoms with van der Waals surface area (Å²) in [7, 11) is 6.82. The average molecular weight is 432 g/mol. The van der Waals surface area contributed by atoms with Crippen molar-refractivity contribution in [1.29, 1.82) is 0 Å². The summed E-state index contributed by atoms with van der Waals surface area (Å²) in [4.78, 5) is 29.9. The Bertz CT molecular complexity index is 1000. The fourth-order valence-electron chi connectivity index (χ4n) is 2.70. The minimum Gasteiger partial charge on any atom is -0.494 e. The topological polar surface area (TPSA) is 89.9 Å². The van der Waals surface area contributed by atoms with E-state index >= 15 is 0 Å². The van der Waals surface area contributed by atoms with Crippen LogP contribution in [0.2, 0.25) is 0 Å². The van der Waals surface area contributed by atoms with Crippen LogP contribution in [0.3, 0.4) is 0 Å². The zero-order valence-corrected chi connectivity index (χ0v) is 18.5. The van der Waals surface area contributed by atoms with Gasteiger partial charge in [-0.25, -0.2) is 4.98 Å². The number of hydrogen-bond donors (Lipinski definition) is 0. The number of fused-ring (bicyclic) bond motifs is 1. The number of benzene rings is 1. The van der Waals surface area contributed by atoms with Crippen molar-refractivity contribution < 1.29 is 19.0 Å². The van der Waals surface area contributed by atoms with E-state index in [2.05, 4.69) is 15.0 Å². The number of nitrogens with zero attached hydrogens (tertiary/aromatic N) is 5. The van der Waals surface area contributed by atoms with Crippen LogP contribution in [0, 0.1) is 0 Å². The molecule has 0 bridgehead atoms. The maximum atomic E-state index is 13.4. The summed E-state index contributed by atoms with van der Waals surface area (Å²) < 4.78 is 16.8. The molecule has 1 aromatic carbocycles. The van der Waals surface area contributed by atoms with Gasteiger partial charge >= 0.3 is 6.01 Å². The van der Waals surface area contributed by atoms with Gasteiger partial charge in [0.1, 0.15) is 11.4 Å². The zero-order chi connectivity index (χ0) is 21.7. The summed E-state index contributed by atoms with van der Waals surface area (Å²) >= 11 is 1.43. The lowest BCUT2D eigenvalue weighted by molar-refractivity contribution is 0.0978. The number of amides is 1. The maximum Gasteiger partial charge on any atom is 0.320 e. The smallest absolute Gasteiger partial charge is 0.320 e. The molecule has 3 aromatic rings. The van der Waals surface area contributed by atoms with E-state index in [9.17, 15) is 4.79 Å². The Morgan fingerprint density at radius 2 is 1.87 bits per heavy atom. The number of likely N-dealkylation sites (N-methyl/N-ethyl adjacent to an activating group) is 1. The monoisotopic (exact) mass is 431 g/mol. The van der Waals surface area contributed by atoms with Crippen molar-refractivity contribution in [1.82, 2.24) is 19.9 Å². The van der Waals surface area contributed by atoms with Crippen LogP contribution in [0.5, 0.6) is 17.6 Å². The van der Waals surface area contributed by atoms with Gasteiger partial charge in [-0.15, -0.1) is 0 Å². The molecule has 0 aliphatic carbocycles. The lowest BCUT2D eigenvalue weighted by Crippen LogP contribution is -2.37. The highest BCUT2D eigenvalue weighted by molar-refractivity contribution is 7.22. The fraction of sp³-hybridized carbons (Fsp3) is 0.400. The number of thiazole rings is 1. The summed E-state index contributed by atoms with van der Waals surface area (Å²) in [6.45, 7) is 3.63. The molecule has 3 rings (SSSR count). The molecule has 1 amide bonds. The minimum atomic E-state index is -0.306. The van der Waals surface area contributed by atoms with Gasteiger partial charge in [0.15, 0.2) is 5.13 Å². The van der Waals surface area contributed by atoms with E-state index in [-0.39, 0.29) is 23.5 Å². The van der Waals surface area contributed by atoms with Crippen molar-refractivity contribution in [3.63, 3.8) is 0 Å². The van der Waals surface area contributed by atoms with Gasteiger partial charge in [0.25, 0.3) is 5.91 Å². The Morgan fingerprint density at radius 1 is 1.07 bits per heavy atom. The first-order valence-electron chi connectivity index (χ1n) is 9.42. The molecular weight excluding hydrogens is 406 g/mol. The first-order valence-corrected chi connectivity index (χ1v) is 10.2. The van der Waals surface area contributed by atoms with Crippen LogP contribution in [0.4, 0.5) is 5.13 Å². The normalized spacial score (nSPS) is 11.0. The van der Waals surface area contributed by atoms with Crippen molar-refractivity contribution in [2.24, 2.45) is 0 Å². The van der Waals surface area contributed by atoms with Gasteiger partial charge in [0.05, 0.1) is 31.0 Å². The van der Waals surface area contributed by atoms with Crippen molar-refractivity contribution in [2.45, 2.75) is 6.92 Å². The fourth-order valence-corrected chi connectivity index (χ4v) is 3.71. The Balaban J connectivity index is 2.00. The number of carbonyl (C=O) groups excluding carboxylic acids is 1. The predicted molar refractivity (Wildman–Crippen MR) is 116 cm³/mol. The van der Waals surface area contributed by atoms with Crippen molar-refractivity contribution in [3.8, 4) is 17.6 Å². The third-order valence-electron chi connectivity index (χ3n) is 4.20. The average Bonchev–Trinajstić information content (AvgIpc) is 3.16. The highest BCUT2D eigenvalue weighted by atomic mass is 32.1. The highest BCUT2D eigenvalue weighted by Gasteiger charge is 2.24. The first kappa shape index (κ1) is 21.7. The van der Waals surface area contributed by atoms with Crippen LogP contribution in [0.25, 0.3) is 10.2 Å². The molecule has 0 saturated heterocycles. The van der Waals surface area contributed by atoms with E-state index in [0.29, 0.717) is 24.8 Å². The van der Waals surface area contributed by atoms with Crippen LogP contribution < -0.4 is 19.1 Å². The van der Waals surface area contributed by atoms with Crippen LogP contribution in [0.15, 0.2) is 24.3 Å². The molecule has 0 unspecified atom stereocenters. The summed E-state index contributed by atoms with van der Waals surface area (Å²) in [6.07, 6.45) is 0. The van der Waals surface area contributed by atoms with Crippen LogP contribution >= 0.6 is 11.3 Å². The third-order valence-corrected chi connectivity index (χ3v) is 5.24. The second-order valence-electron chi connectivity index (χ2n) is 6.60. The molecule has 2 heterocycles. The molecule has 9 nitrogen and oxygen atoms in total. The Hall–Kier alpha value is -2.98. The standard InChI is InChI=1S/C20H25N5O4S/c1-6-29-13-7-8-14-16(11-13)30-20(22-14)25(10-9-24(2)3)18(26)15-12-17(27-4)23-19(21-15)28-5/h7-8,11-12H,6,9-10H2,1-5H3. The van der Waals surface area contributed by atoms with E-state index in [0.717, 1.165) is 16.0 Å². The molecule has 0 atom stereocenters. The van der Waals surface area contributed by atoms with Crippen LogP contribution in [0.1, 0.15) is 17.4 Å². The summed E-state index contributed by atoms with van der Waals surface area (Å²) in [5.41, 5.74) is 0.977. The lowest BCUT2D eigenvalue weighted by atomic mass is 10.3. The Kier molecular flexibility index (Phi) is 7.01. The van der Waals surface area contributed by atoms with Gasteiger partial charge in [0.2, 0.25) is 5.88 Å². The summed E-state index contributed by atoms with van der Waals surface area (Å²) in [5, 5.41) is 0.585. The number of anilines is 1. The van der Waals surface area contributed by atoms with Crippen molar-refractivity contribution in [2.75, 3.05) is 52.9 Å². The molecule has 0 radical (unpaired) electrons. The number of hydrogen-bond acceptors (Lipinski definition) is 9. The molecule has 0 aliphatic rings. The molecule has 2 aromatic heterocycles. The minimum absolute atomic E-state index is 0.0657. The molecule has 160 valence electrons. The van der Waals surface area contributed by atoms with Crippen LogP contribution in [-0.2, 0) is 0 Å². The van der Waals surface area contributed by atoms with E-state index in [4.69, 9.17) is 14.2 Å². The SMILES string of the molecule is CCOc1ccc2nc(N(CCN(C)C)C(=O)c3cc(OC)nc(OC)n3)sc2c1. The third kappa shape index (κ3) is 4.95. The zero-order valence-electron chi connectivity index (χ0n) is 17.7. The number of methoxy groups -OCH3 is 2. The quantitative estimate of drug-likeness (QED) is 0.511. The predicted octanol–water partition coefficient (Wildman–Crippen LogP) is 2.71. The molecule has 0 fully saturated rings. The maximum absolute atomic E-state index is 13.4. The largest absolute Gasteiger partial charge is 0.494 e. The second kappa shape index (κ2) is 9.68. The molecule has 30 heavy (non-hydrogen) atoms. The number of carbonyl (C=O) groups is 1. The van der Waals surface area contributed by atoms with E-state index < -0.39 is 0 Å². The van der Waals surface area contributed by atoms with E-state index in [1.807, 2.05) is 44.1 Å². The number of aromatic nitrogens is 3. The highest BCUT2D eigenvalue weighted by Crippen LogP contribution is 2.32. The van der Waals surface area contributed by atoms with Gasteiger partial charge < -0.3 is 19.1 Å². The first-order chi connectivity index (χ1) is 14.4. The molecule has 0 spiro atoms. The summed E-state index contributed by atoms with van der Waals surface area (Å²) in [6, 6.07) is 7.27. The van der Waals surface area contributed by atoms with Crippen LogP contribution in [-0.4, -0.2) is 73.8 Å². The summed E-state index contributed by atoms with van der Waals surface area (Å²) in [5.74, 6) is 0.722. The number of ether oxygens (including phenoxy) is 3. The van der Waals surface area contributed by atoms with Gasteiger partial charge in [0, 0.05) is 19.2 Å². The van der Waals surface area contributed by atoms with Gasteiger partial charge in [-0.3, -0.25) is 9.69 Å². The molecular formula is C20H25N5O4S. The van der Waals surface area contributed by atoms with Gasteiger partial charge in [-0.1, -0.05) is 11.3 Å². The molecule has 0 N–H and O–H groups in total. The molecule has 10 heteroatoms. The second-order valence-corrected chi connectivity index (χ2v) is 7.61. The van der Waals surface area contributed by atoms with Crippen molar-refractivity contribution >= 4 is 32.6 Å². The number of rotatable bonds is 9. The van der Waals surface area contributed by atoms with E-state index in [1.54, 1.807) is 4.90 Å². The van der Waals surface area contributed by atoms with Gasteiger partial charge in [-0.2, -0.15) is 9.97 Å². The molecule has 0 aliphatic heterocycles.